The van der Waals surface area contributed by atoms with Crippen LogP contribution in [-0.2, 0) is 11.3 Å². The second kappa shape index (κ2) is 8.56. The van der Waals surface area contributed by atoms with Gasteiger partial charge in [-0.15, -0.1) is 0 Å². The fourth-order valence-electron chi connectivity index (χ4n) is 2.08. The molecule has 2 aromatic rings. The van der Waals surface area contributed by atoms with Crippen molar-refractivity contribution < 1.29 is 9.53 Å². The first-order chi connectivity index (χ1) is 11.1. The number of aryl methyl sites for hydroxylation is 1. The van der Waals surface area contributed by atoms with E-state index >= 15 is 0 Å². The number of ether oxygens (including phenoxy) is 1. The van der Waals surface area contributed by atoms with Crippen LogP contribution < -0.4 is 15.4 Å². The Bertz CT molecular complexity index is 674. The molecule has 0 saturated carbocycles. The third-order valence-corrected chi connectivity index (χ3v) is 3.71. The third-order valence-electron chi connectivity index (χ3n) is 3.29. The standard InChI is InChI=1S/C18H21ClN2O2/c1-3-20-11-14-5-4-6-15(10-14)21-18(22)12-23-16-7-8-17(19)13(2)9-16/h4-10,20H,3,11-12H2,1-2H3,(H,21,22). The maximum absolute atomic E-state index is 12.0. The molecule has 0 saturated heterocycles. The monoisotopic (exact) mass is 332 g/mol. The van der Waals surface area contributed by atoms with E-state index in [-0.39, 0.29) is 12.5 Å². The van der Waals surface area contributed by atoms with Gasteiger partial charge in [-0.05, 0) is 54.9 Å². The molecule has 2 aromatic carbocycles. The van der Waals surface area contributed by atoms with Crippen molar-refractivity contribution >= 4 is 23.2 Å². The van der Waals surface area contributed by atoms with Gasteiger partial charge in [0, 0.05) is 17.3 Å². The van der Waals surface area contributed by atoms with Gasteiger partial charge in [-0.2, -0.15) is 0 Å². The Kier molecular flexibility index (Phi) is 6.44. The number of carbonyl (C=O) groups excluding carboxylic acids is 1. The number of anilines is 1. The number of hydrogen-bond donors (Lipinski definition) is 2. The van der Waals surface area contributed by atoms with Gasteiger partial charge in [0.25, 0.3) is 5.91 Å². The van der Waals surface area contributed by atoms with Crippen LogP contribution in [0.3, 0.4) is 0 Å². The summed E-state index contributed by atoms with van der Waals surface area (Å²) in [6.07, 6.45) is 0. The number of benzene rings is 2. The summed E-state index contributed by atoms with van der Waals surface area (Å²) < 4.78 is 5.49. The van der Waals surface area contributed by atoms with Crippen LogP contribution in [0.15, 0.2) is 42.5 Å². The Hall–Kier alpha value is -2.04. The van der Waals surface area contributed by atoms with Crippen molar-refractivity contribution in [2.45, 2.75) is 20.4 Å². The highest BCUT2D eigenvalue weighted by atomic mass is 35.5. The lowest BCUT2D eigenvalue weighted by atomic mass is 10.2. The van der Waals surface area contributed by atoms with Crippen LogP contribution in [0.25, 0.3) is 0 Å². The molecule has 0 aliphatic carbocycles. The predicted octanol–water partition coefficient (Wildman–Crippen LogP) is 3.78. The molecule has 0 heterocycles. The minimum Gasteiger partial charge on any atom is -0.484 e. The van der Waals surface area contributed by atoms with E-state index in [1.54, 1.807) is 12.1 Å². The molecule has 2 N–H and O–H groups in total. The number of hydrogen-bond acceptors (Lipinski definition) is 3. The van der Waals surface area contributed by atoms with Gasteiger partial charge in [-0.3, -0.25) is 4.79 Å². The highest BCUT2D eigenvalue weighted by molar-refractivity contribution is 6.31. The predicted molar refractivity (Wildman–Crippen MR) is 94.1 cm³/mol. The molecule has 2 rings (SSSR count). The average Bonchev–Trinajstić information content (AvgIpc) is 2.54. The molecule has 0 aromatic heterocycles. The normalized spacial score (nSPS) is 10.4. The fourth-order valence-corrected chi connectivity index (χ4v) is 2.20. The van der Waals surface area contributed by atoms with Crippen LogP contribution >= 0.6 is 11.6 Å². The second-order valence-corrected chi connectivity index (χ2v) is 5.64. The van der Waals surface area contributed by atoms with Crippen molar-refractivity contribution in [1.82, 2.24) is 5.32 Å². The summed E-state index contributed by atoms with van der Waals surface area (Å²) in [6, 6.07) is 13.1. The third kappa shape index (κ3) is 5.58. The Balaban J connectivity index is 1.88. The van der Waals surface area contributed by atoms with Gasteiger partial charge in [0.15, 0.2) is 6.61 Å². The van der Waals surface area contributed by atoms with Crippen molar-refractivity contribution in [2.24, 2.45) is 0 Å². The lowest BCUT2D eigenvalue weighted by molar-refractivity contribution is -0.118. The maximum atomic E-state index is 12.0. The first-order valence-electron chi connectivity index (χ1n) is 7.57. The van der Waals surface area contributed by atoms with E-state index in [0.29, 0.717) is 10.8 Å². The van der Waals surface area contributed by atoms with Gasteiger partial charge in [0.1, 0.15) is 5.75 Å². The first-order valence-corrected chi connectivity index (χ1v) is 7.94. The molecule has 23 heavy (non-hydrogen) atoms. The van der Waals surface area contributed by atoms with Gasteiger partial charge in [0.05, 0.1) is 0 Å². The molecular weight excluding hydrogens is 312 g/mol. The highest BCUT2D eigenvalue weighted by Gasteiger charge is 2.05. The maximum Gasteiger partial charge on any atom is 0.262 e. The zero-order valence-corrected chi connectivity index (χ0v) is 14.1. The Labute approximate surface area is 141 Å². The molecule has 0 aliphatic rings. The molecule has 0 bridgehead atoms. The van der Waals surface area contributed by atoms with Crippen molar-refractivity contribution in [3.05, 3.63) is 58.6 Å². The summed E-state index contributed by atoms with van der Waals surface area (Å²) in [5.74, 6) is 0.432. The summed E-state index contributed by atoms with van der Waals surface area (Å²) in [5.41, 5.74) is 2.81. The Morgan fingerprint density at radius 1 is 1.22 bits per heavy atom. The summed E-state index contributed by atoms with van der Waals surface area (Å²) in [7, 11) is 0. The number of nitrogens with one attached hydrogen (secondary N) is 2. The molecule has 0 fully saturated rings. The number of rotatable bonds is 7. The largest absolute Gasteiger partial charge is 0.484 e. The van der Waals surface area contributed by atoms with Crippen molar-refractivity contribution in [2.75, 3.05) is 18.5 Å². The second-order valence-electron chi connectivity index (χ2n) is 5.23. The number of carbonyl (C=O) groups is 1. The molecule has 0 aliphatic heterocycles. The molecule has 0 spiro atoms. The SMILES string of the molecule is CCNCc1cccc(NC(=O)COc2ccc(Cl)c(C)c2)c1. The molecule has 0 atom stereocenters. The van der Waals surface area contributed by atoms with E-state index in [1.807, 2.05) is 37.3 Å². The van der Waals surface area contributed by atoms with Gasteiger partial charge in [-0.1, -0.05) is 30.7 Å². The zero-order valence-electron chi connectivity index (χ0n) is 13.4. The van der Waals surface area contributed by atoms with E-state index in [9.17, 15) is 4.79 Å². The molecule has 0 radical (unpaired) electrons. The number of amides is 1. The van der Waals surface area contributed by atoms with Crippen LogP contribution in [0.1, 0.15) is 18.1 Å². The molecular formula is C18H21ClN2O2. The summed E-state index contributed by atoms with van der Waals surface area (Å²) >= 11 is 5.96. The van der Waals surface area contributed by atoms with Crippen LogP contribution in [0.5, 0.6) is 5.75 Å². The van der Waals surface area contributed by atoms with Gasteiger partial charge < -0.3 is 15.4 Å². The van der Waals surface area contributed by atoms with E-state index in [2.05, 4.69) is 17.6 Å². The van der Waals surface area contributed by atoms with E-state index in [0.717, 1.165) is 29.9 Å². The van der Waals surface area contributed by atoms with Crippen LogP contribution in [0, 0.1) is 6.92 Å². The summed E-state index contributed by atoms with van der Waals surface area (Å²) in [4.78, 5) is 12.0. The molecule has 5 heteroatoms. The minimum atomic E-state index is -0.196. The lowest BCUT2D eigenvalue weighted by Crippen LogP contribution is -2.20. The lowest BCUT2D eigenvalue weighted by Gasteiger charge is -2.10. The minimum absolute atomic E-state index is 0.0431. The van der Waals surface area contributed by atoms with E-state index in [1.165, 1.54) is 0 Å². The fraction of sp³-hybridized carbons (Fsp3) is 0.278. The topological polar surface area (TPSA) is 50.4 Å². The van der Waals surface area contributed by atoms with Gasteiger partial charge in [-0.25, -0.2) is 0 Å². The van der Waals surface area contributed by atoms with Crippen molar-refractivity contribution in [3.8, 4) is 5.75 Å². The quantitative estimate of drug-likeness (QED) is 0.811. The van der Waals surface area contributed by atoms with Gasteiger partial charge in [0.2, 0.25) is 0 Å². The van der Waals surface area contributed by atoms with Crippen LogP contribution in [0.2, 0.25) is 5.02 Å². The Morgan fingerprint density at radius 2 is 2.04 bits per heavy atom. The van der Waals surface area contributed by atoms with Crippen LogP contribution in [-0.4, -0.2) is 19.1 Å². The van der Waals surface area contributed by atoms with E-state index in [4.69, 9.17) is 16.3 Å². The Morgan fingerprint density at radius 3 is 2.78 bits per heavy atom. The average molecular weight is 333 g/mol. The smallest absolute Gasteiger partial charge is 0.262 e. The molecule has 1 amide bonds. The summed E-state index contributed by atoms with van der Waals surface area (Å²) in [6.45, 7) is 5.59. The van der Waals surface area contributed by atoms with Crippen LogP contribution in [0.4, 0.5) is 5.69 Å². The van der Waals surface area contributed by atoms with Crippen molar-refractivity contribution in [3.63, 3.8) is 0 Å². The molecule has 4 nitrogen and oxygen atoms in total. The van der Waals surface area contributed by atoms with E-state index < -0.39 is 0 Å². The summed E-state index contributed by atoms with van der Waals surface area (Å²) in [5, 5.41) is 6.77. The van der Waals surface area contributed by atoms with Gasteiger partial charge >= 0.3 is 0 Å². The highest BCUT2D eigenvalue weighted by Crippen LogP contribution is 2.21. The number of halogens is 1. The molecule has 122 valence electrons. The van der Waals surface area contributed by atoms with Crippen molar-refractivity contribution in [1.29, 1.82) is 0 Å². The molecule has 0 unspecified atom stereocenters. The zero-order chi connectivity index (χ0) is 16.7. The first kappa shape index (κ1) is 17.3.